The van der Waals surface area contributed by atoms with E-state index < -0.39 is 0 Å². The highest BCUT2D eigenvalue weighted by Crippen LogP contribution is 2.33. The molecule has 0 saturated carbocycles. The van der Waals surface area contributed by atoms with Gasteiger partial charge in [0.2, 0.25) is 0 Å². The fourth-order valence-electron chi connectivity index (χ4n) is 1.12. The lowest BCUT2D eigenvalue weighted by Crippen LogP contribution is -2.16. The zero-order valence-electron chi connectivity index (χ0n) is 7.30. The van der Waals surface area contributed by atoms with Gasteiger partial charge in [-0.3, -0.25) is 0 Å². The molecule has 0 amide bonds. The standard InChI is InChI=1S/C8H10Cl3N3/c9-4-3-14-8(11)7(10)6(4)5(13)1-2-12/h3,5H,1-2,12-13H2/t5-/m1/s1. The molecule has 0 aliphatic carbocycles. The molecule has 1 heterocycles. The Morgan fingerprint density at radius 2 is 2.00 bits per heavy atom. The van der Waals surface area contributed by atoms with Crippen LogP contribution in [-0.4, -0.2) is 11.5 Å². The summed E-state index contributed by atoms with van der Waals surface area (Å²) in [5.74, 6) is 0. The number of nitrogens with two attached hydrogens (primary N) is 2. The first-order valence-electron chi connectivity index (χ1n) is 4.03. The maximum atomic E-state index is 5.93. The van der Waals surface area contributed by atoms with Crippen molar-refractivity contribution in [2.45, 2.75) is 12.5 Å². The van der Waals surface area contributed by atoms with Crippen molar-refractivity contribution in [2.75, 3.05) is 6.54 Å². The van der Waals surface area contributed by atoms with Gasteiger partial charge in [-0.25, -0.2) is 4.98 Å². The van der Waals surface area contributed by atoms with Crippen molar-refractivity contribution in [3.8, 4) is 0 Å². The molecular weight excluding hydrogens is 244 g/mol. The summed E-state index contributed by atoms with van der Waals surface area (Å²) in [6.07, 6.45) is 2.03. The van der Waals surface area contributed by atoms with Crippen LogP contribution in [0.1, 0.15) is 18.0 Å². The topological polar surface area (TPSA) is 64.9 Å². The number of hydrogen-bond acceptors (Lipinski definition) is 3. The Kier molecular flexibility index (Phi) is 4.41. The molecule has 0 radical (unpaired) electrons. The molecular formula is C8H10Cl3N3. The van der Waals surface area contributed by atoms with Gasteiger partial charge in [0.15, 0.2) is 0 Å². The lowest BCUT2D eigenvalue weighted by molar-refractivity contribution is 0.661. The van der Waals surface area contributed by atoms with E-state index in [1.807, 2.05) is 0 Å². The first kappa shape index (κ1) is 12.0. The molecule has 0 bridgehead atoms. The minimum atomic E-state index is -0.305. The third-order valence-corrected chi connectivity index (χ3v) is 2.88. The van der Waals surface area contributed by atoms with Gasteiger partial charge in [-0.1, -0.05) is 34.8 Å². The number of aromatic nitrogens is 1. The molecule has 1 aromatic rings. The third kappa shape index (κ3) is 2.49. The number of hydrogen-bond donors (Lipinski definition) is 2. The normalized spacial score (nSPS) is 12.9. The van der Waals surface area contributed by atoms with E-state index in [2.05, 4.69) is 4.98 Å². The van der Waals surface area contributed by atoms with Crippen LogP contribution in [0.5, 0.6) is 0 Å². The van der Waals surface area contributed by atoms with Gasteiger partial charge in [-0.2, -0.15) is 0 Å². The second kappa shape index (κ2) is 5.14. The predicted octanol–water partition coefficient (Wildman–Crippen LogP) is 2.39. The van der Waals surface area contributed by atoms with Crippen LogP contribution >= 0.6 is 34.8 Å². The van der Waals surface area contributed by atoms with Crippen LogP contribution in [0.2, 0.25) is 15.2 Å². The molecule has 14 heavy (non-hydrogen) atoms. The van der Waals surface area contributed by atoms with Gasteiger partial charge < -0.3 is 11.5 Å². The molecule has 0 aromatic carbocycles. The van der Waals surface area contributed by atoms with Crippen molar-refractivity contribution in [1.29, 1.82) is 0 Å². The molecule has 3 nitrogen and oxygen atoms in total. The molecule has 1 aromatic heterocycles. The lowest BCUT2D eigenvalue weighted by Gasteiger charge is -2.14. The smallest absolute Gasteiger partial charge is 0.148 e. The predicted molar refractivity (Wildman–Crippen MR) is 59.9 cm³/mol. The fraction of sp³-hybridized carbons (Fsp3) is 0.375. The SMILES string of the molecule is NCC[C@@H](N)c1c(Cl)cnc(Cl)c1Cl. The Morgan fingerprint density at radius 1 is 1.36 bits per heavy atom. The van der Waals surface area contributed by atoms with Crippen LogP contribution in [0.25, 0.3) is 0 Å². The van der Waals surface area contributed by atoms with E-state index in [4.69, 9.17) is 46.3 Å². The van der Waals surface area contributed by atoms with Crippen LogP contribution in [0.4, 0.5) is 0 Å². The second-order valence-corrected chi connectivity index (χ2v) is 3.95. The Labute approximate surface area is 97.3 Å². The van der Waals surface area contributed by atoms with Crippen molar-refractivity contribution in [2.24, 2.45) is 11.5 Å². The van der Waals surface area contributed by atoms with Gasteiger partial charge >= 0.3 is 0 Å². The summed E-state index contributed by atoms with van der Waals surface area (Å²) < 4.78 is 0. The Morgan fingerprint density at radius 3 is 2.57 bits per heavy atom. The maximum Gasteiger partial charge on any atom is 0.148 e. The Bertz CT molecular complexity index is 330. The molecule has 0 aliphatic rings. The number of nitrogens with zero attached hydrogens (tertiary/aromatic N) is 1. The second-order valence-electron chi connectivity index (χ2n) is 2.81. The molecule has 1 atom stereocenters. The molecule has 0 fully saturated rings. The first-order valence-corrected chi connectivity index (χ1v) is 5.16. The fourth-order valence-corrected chi connectivity index (χ4v) is 1.89. The number of pyridine rings is 1. The Balaban J connectivity index is 3.11. The number of halogens is 3. The van der Waals surface area contributed by atoms with Gasteiger partial charge in [0.25, 0.3) is 0 Å². The lowest BCUT2D eigenvalue weighted by atomic mass is 10.1. The highest BCUT2D eigenvalue weighted by molar-refractivity contribution is 6.43. The summed E-state index contributed by atoms with van der Waals surface area (Å²) in [6.45, 7) is 0.466. The van der Waals surface area contributed by atoms with E-state index in [0.717, 1.165) is 0 Å². The largest absolute Gasteiger partial charge is 0.330 e. The van der Waals surface area contributed by atoms with Crippen molar-refractivity contribution in [1.82, 2.24) is 4.98 Å². The summed E-state index contributed by atoms with van der Waals surface area (Å²) in [5, 5.41) is 0.930. The first-order chi connectivity index (χ1) is 6.57. The summed E-state index contributed by atoms with van der Waals surface area (Å²) in [7, 11) is 0. The van der Waals surface area contributed by atoms with Gasteiger partial charge in [0.05, 0.1) is 10.0 Å². The summed E-state index contributed by atoms with van der Waals surface area (Å²) >= 11 is 17.6. The molecule has 4 N–H and O–H groups in total. The van der Waals surface area contributed by atoms with E-state index in [0.29, 0.717) is 28.6 Å². The van der Waals surface area contributed by atoms with Gasteiger partial charge in [-0.05, 0) is 13.0 Å². The van der Waals surface area contributed by atoms with Crippen LogP contribution in [0.15, 0.2) is 6.20 Å². The monoisotopic (exact) mass is 253 g/mol. The Hall–Kier alpha value is -0.0600. The average molecular weight is 255 g/mol. The average Bonchev–Trinajstić information content (AvgIpc) is 2.13. The van der Waals surface area contributed by atoms with Crippen LogP contribution in [0.3, 0.4) is 0 Å². The van der Waals surface area contributed by atoms with Crippen molar-refractivity contribution < 1.29 is 0 Å². The molecule has 78 valence electrons. The van der Waals surface area contributed by atoms with Gasteiger partial charge in [0, 0.05) is 17.8 Å². The summed E-state index contributed by atoms with van der Waals surface area (Å²) in [5.41, 5.74) is 11.8. The minimum Gasteiger partial charge on any atom is -0.330 e. The maximum absolute atomic E-state index is 5.93. The zero-order chi connectivity index (χ0) is 10.7. The van der Waals surface area contributed by atoms with Crippen molar-refractivity contribution in [3.05, 3.63) is 27.0 Å². The highest BCUT2D eigenvalue weighted by atomic mass is 35.5. The minimum absolute atomic E-state index is 0.207. The zero-order valence-corrected chi connectivity index (χ0v) is 9.57. The molecule has 0 saturated heterocycles. The molecule has 1 rings (SSSR count). The van der Waals surface area contributed by atoms with Crippen LogP contribution in [0, 0.1) is 0 Å². The molecule has 6 heteroatoms. The van der Waals surface area contributed by atoms with E-state index in [1.165, 1.54) is 6.20 Å². The van der Waals surface area contributed by atoms with Crippen LogP contribution < -0.4 is 11.5 Å². The van der Waals surface area contributed by atoms with E-state index >= 15 is 0 Å². The van der Waals surface area contributed by atoms with E-state index in [-0.39, 0.29) is 11.2 Å². The molecule has 0 unspecified atom stereocenters. The van der Waals surface area contributed by atoms with Crippen molar-refractivity contribution >= 4 is 34.8 Å². The van der Waals surface area contributed by atoms with Crippen molar-refractivity contribution in [3.63, 3.8) is 0 Å². The van der Waals surface area contributed by atoms with E-state index in [9.17, 15) is 0 Å². The third-order valence-electron chi connectivity index (χ3n) is 1.81. The molecule has 0 aliphatic heterocycles. The number of rotatable bonds is 3. The summed E-state index contributed by atoms with van der Waals surface area (Å²) in [6, 6.07) is -0.305. The molecule has 0 spiro atoms. The van der Waals surface area contributed by atoms with Gasteiger partial charge in [0.1, 0.15) is 5.15 Å². The van der Waals surface area contributed by atoms with Gasteiger partial charge in [-0.15, -0.1) is 0 Å². The van der Waals surface area contributed by atoms with E-state index in [1.54, 1.807) is 0 Å². The quantitative estimate of drug-likeness (QED) is 0.814. The van der Waals surface area contributed by atoms with Crippen LogP contribution in [-0.2, 0) is 0 Å². The highest BCUT2D eigenvalue weighted by Gasteiger charge is 2.16. The summed E-state index contributed by atoms with van der Waals surface area (Å²) in [4.78, 5) is 3.80.